The number of hydrogen-bond donors (Lipinski definition) is 1. The van der Waals surface area contributed by atoms with Crippen LogP contribution < -0.4 is 5.32 Å². The molecule has 1 aromatic carbocycles. The maximum absolute atomic E-state index is 4.30. The molecule has 19 heavy (non-hydrogen) atoms. The predicted molar refractivity (Wildman–Crippen MR) is 77.2 cm³/mol. The third-order valence-electron chi connectivity index (χ3n) is 3.91. The van der Waals surface area contributed by atoms with Crippen molar-refractivity contribution in [2.45, 2.75) is 38.6 Å². The van der Waals surface area contributed by atoms with E-state index >= 15 is 0 Å². The number of rotatable bonds is 2. The summed E-state index contributed by atoms with van der Waals surface area (Å²) >= 11 is 0. The Kier molecular flexibility index (Phi) is 2.77. The van der Waals surface area contributed by atoms with Crippen molar-refractivity contribution in [3.05, 3.63) is 53.5 Å². The maximum atomic E-state index is 4.30. The second-order valence-electron chi connectivity index (χ2n) is 5.92. The lowest BCUT2D eigenvalue weighted by atomic mass is 9.86. The van der Waals surface area contributed by atoms with Crippen molar-refractivity contribution >= 4 is 5.82 Å². The van der Waals surface area contributed by atoms with Gasteiger partial charge in [0, 0.05) is 11.8 Å². The molecule has 98 valence electrons. The molecule has 0 radical (unpaired) electrons. The summed E-state index contributed by atoms with van der Waals surface area (Å²) < 4.78 is 0. The first-order chi connectivity index (χ1) is 9.06. The number of hydrogen-bond acceptors (Lipinski definition) is 3. The summed E-state index contributed by atoms with van der Waals surface area (Å²) in [6.07, 6.45) is 2.71. The quantitative estimate of drug-likeness (QED) is 0.888. The molecule has 0 spiro atoms. The molecule has 2 aromatic rings. The van der Waals surface area contributed by atoms with Crippen molar-refractivity contribution in [3.8, 4) is 0 Å². The number of aromatic nitrogens is 2. The van der Waals surface area contributed by atoms with Gasteiger partial charge in [-0.3, -0.25) is 0 Å². The molecular formula is C16H19N3. The van der Waals surface area contributed by atoms with Gasteiger partial charge >= 0.3 is 0 Å². The second-order valence-corrected chi connectivity index (χ2v) is 5.92. The van der Waals surface area contributed by atoms with Crippen LogP contribution in [-0.4, -0.2) is 9.97 Å². The molecule has 0 saturated carbocycles. The van der Waals surface area contributed by atoms with Crippen LogP contribution in [0.2, 0.25) is 0 Å². The summed E-state index contributed by atoms with van der Waals surface area (Å²) in [6, 6.07) is 11.0. The van der Waals surface area contributed by atoms with Gasteiger partial charge in [-0.25, -0.2) is 9.97 Å². The smallest absolute Gasteiger partial charge is 0.130 e. The average molecular weight is 253 g/mol. The van der Waals surface area contributed by atoms with Crippen LogP contribution in [0.1, 0.15) is 43.1 Å². The van der Waals surface area contributed by atoms with E-state index in [9.17, 15) is 0 Å². The molecule has 1 aromatic heterocycles. The minimum atomic E-state index is 0.219. The molecule has 1 N–H and O–H groups in total. The van der Waals surface area contributed by atoms with Crippen molar-refractivity contribution in [1.29, 1.82) is 0 Å². The van der Waals surface area contributed by atoms with E-state index < -0.39 is 0 Å². The topological polar surface area (TPSA) is 37.8 Å². The van der Waals surface area contributed by atoms with Gasteiger partial charge in [0.25, 0.3) is 0 Å². The van der Waals surface area contributed by atoms with Crippen LogP contribution in [0.3, 0.4) is 0 Å². The number of benzene rings is 1. The minimum Gasteiger partial charge on any atom is -0.363 e. The highest BCUT2D eigenvalue weighted by Gasteiger charge is 2.36. The van der Waals surface area contributed by atoms with Gasteiger partial charge in [0.05, 0.1) is 6.04 Å². The normalized spacial score (nSPS) is 20.1. The van der Waals surface area contributed by atoms with Crippen LogP contribution in [0.25, 0.3) is 0 Å². The first kappa shape index (κ1) is 12.2. The Hall–Kier alpha value is -1.90. The van der Waals surface area contributed by atoms with Crippen molar-refractivity contribution in [2.75, 3.05) is 5.32 Å². The molecule has 1 heterocycles. The summed E-state index contributed by atoms with van der Waals surface area (Å²) in [7, 11) is 0. The Bertz CT molecular complexity index is 604. The summed E-state index contributed by atoms with van der Waals surface area (Å²) in [6.45, 7) is 6.59. The Balaban J connectivity index is 1.92. The highest BCUT2D eigenvalue weighted by Crippen LogP contribution is 2.45. The standard InChI is InChI=1S/C16H19N3/c1-11-8-15(18-10-17-11)19-14-9-16(2,3)13-7-5-4-6-12(13)14/h4-8,10,14H,9H2,1-3H3,(H,17,18,19). The highest BCUT2D eigenvalue weighted by atomic mass is 15.0. The number of nitrogens with one attached hydrogen (secondary N) is 1. The van der Waals surface area contributed by atoms with Crippen LogP contribution >= 0.6 is 0 Å². The molecule has 1 aliphatic carbocycles. The van der Waals surface area contributed by atoms with Gasteiger partial charge < -0.3 is 5.32 Å². The largest absolute Gasteiger partial charge is 0.363 e. The van der Waals surface area contributed by atoms with E-state index in [1.54, 1.807) is 6.33 Å². The van der Waals surface area contributed by atoms with Gasteiger partial charge in [-0.15, -0.1) is 0 Å². The zero-order valence-electron chi connectivity index (χ0n) is 11.6. The van der Waals surface area contributed by atoms with Crippen molar-refractivity contribution in [1.82, 2.24) is 9.97 Å². The van der Waals surface area contributed by atoms with E-state index in [0.717, 1.165) is 17.9 Å². The predicted octanol–water partition coefficient (Wildman–Crippen LogP) is 3.62. The van der Waals surface area contributed by atoms with Gasteiger partial charge in [-0.05, 0) is 29.9 Å². The molecule has 1 unspecified atom stereocenters. The lowest BCUT2D eigenvalue weighted by Gasteiger charge is -2.19. The van der Waals surface area contributed by atoms with E-state index in [2.05, 4.69) is 53.4 Å². The monoisotopic (exact) mass is 253 g/mol. The van der Waals surface area contributed by atoms with E-state index in [0.29, 0.717) is 6.04 Å². The molecule has 3 rings (SSSR count). The summed E-state index contributed by atoms with van der Waals surface area (Å²) in [5.74, 6) is 0.907. The van der Waals surface area contributed by atoms with E-state index in [-0.39, 0.29) is 5.41 Å². The van der Waals surface area contributed by atoms with Crippen LogP contribution in [-0.2, 0) is 5.41 Å². The highest BCUT2D eigenvalue weighted by molar-refractivity contribution is 5.47. The van der Waals surface area contributed by atoms with Gasteiger partial charge in [0.2, 0.25) is 0 Å². The fraction of sp³-hybridized carbons (Fsp3) is 0.375. The van der Waals surface area contributed by atoms with Crippen molar-refractivity contribution < 1.29 is 0 Å². The van der Waals surface area contributed by atoms with Crippen LogP contribution in [0.4, 0.5) is 5.82 Å². The summed E-state index contributed by atoms with van der Waals surface area (Å²) in [5.41, 5.74) is 4.04. The van der Waals surface area contributed by atoms with Crippen molar-refractivity contribution in [3.63, 3.8) is 0 Å². The zero-order chi connectivity index (χ0) is 13.5. The fourth-order valence-corrected chi connectivity index (χ4v) is 2.99. The molecule has 0 fully saturated rings. The Morgan fingerprint density at radius 1 is 1.21 bits per heavy atom. The SMILES string of the molecule is Cc1cc(NC2CC(C)(C)c3ccccc32)ncn1. The van der Waals surface area contributed by atoms with E-state index in [1.807, 2.05) is 13.0 Å². The van der Waals surface area contributed by atoms with Gasteiger partial charge in [0.15, 0.2) is 0 Å². The zero-order valence-corrected chi connectivity index (χ0v) is 11.6. The molecule has 3 heteroatoms. The first-order valence-electron chi connectivity index (χ1n) is 6.71. The maximum Gasteiger partial charge on any atom is 0.130 e. The van der Waals surface area contributed by atoms with Crippen LogP contribution in [0.5, 0.6) is 0 Å². The Labute approximate surface area is 114 Å². The third-order valence-corrected chi connectivity index (χ3v) is 3.91. The number of anilines is 1. The lowest BCUT2D eigenvalue weighted by Crippen LogP contribution is -2.15. The molecule has 0 aliphatic heterocycles. The fourth-order valence-electron chi connectivity index (χ4n) is 2.99. The third kappa shape index (κ3) is 2.21. The number of fused-ring (bicyclic) bond motifs is 1. The van der Waals surface area contributed by atoms with E-state index in [4.69, 9.17) is 0 Å². The molecule has 0 saturated heterocycles. The molecule has 0 amide bonds. The van der Waals surface area contributed by atoms with Crippen molar-refractivity contribution in [2.24, 2.45) is 0 Å². The van der Waals surface area contributed by atoms with Crippen LogP contribution in [0.15, 0.2) is 36.7 Å². The van der Waals surface area contributed by atoms with Gasteiger partial charge in [-0.1, -0.05) is 38.1 Å². The average Bonchev–Trinajstić information content (AvgIpc) is 2.62. The molecule has 1 aliphatic rings. The second kappa shape index (κ2) is 4.34. The molecule has 0 bridgehead atoms. The minimum absolute atomic E-state index is 0.219. The number of aryl methyl sites for hydroxylation is 1. The summed E-state index contributed by atoms with van der Waals surface area (Å²) in [5, 5.41) is 3.54. The van der Waals surface area contributed by atoms with Gasteiger partial charge in [-0.2, -0.15) is 0 Å². The van der Waals surface area contributed by atoms with Crippen LogP contribution in [0, 0.1) is 6.92 Å². The molecule has 3 nitrogen and oxygen atoms in total. The number of nitrogens with zero attached hydrogens (tertiary/aromatic N) is 2. The summed E-state index contributed by atoms with van der Waals surface area (Å²) in [4.78, 5) is 8.44. The Morgan fingerprint density at radius 2 is 2.00 bits per heavy atom. The van der Waals surface area contributed by atoms with E-state index in [1.165, 1.54) is 11.1 Å². The lowest BCUT2D eigenvalue weighted by molar-refractivity contribution is 0.493. The van der Waals surface area contributed by atoms with Gasteiger partial charge in [0.1, 0.15) is 12.1 Å². The molecular weight excluding hydrogens is 234 g/mol. The molecule has 1 atom stereocenters. The first-order valence-corrected chi connectivity index (χ1v) is 6.71. The Morgan fingerprint density at radius 3 is 2.79 bits per heavy atom.